The quantitative estimate of drug-likeness (QED) is 0.786. The highest BCUT2D eigenvalue weighted by molar-refractivity contribution is 9.09. The largest absolute Gasteiger partial charge is 0.326 e. The highest BCUT2D eigenvalue weighted by atomic mass is 79.9. The lowest BCUT2D eigenvalue weighted by molar-refractivity contribution is -0.115. The standard InChI is InChI=1S/C16H13BrClNO/c1-9-2-3-11(7-13(9)18)16(17)10-4-5-14-12(6-10)8-15(20)19-14/h2-7,16H,8H2,1H3,(H,19,20). The van der Waals surface area contributed by atoms with Gasteiger partial charge in [-0.15, -0.1) is 0 Å². The molecule has 0 aliphatic carbocycles. The predicted molar refractivity (Wildman–Crippen MR) is 85.7 cm³/mol. The first-order valence-electron chi connectivity index (χ1n) is 6.37. The van der Waals surface area contributed by atoms with Gasteiger partial charge in [-0.1, -0.05) is 51.8 Å². The van der Waals surface area contributed by atoms with Crippen molar-refractivity contribution in [3.63, 3.8) is 0 Å². The van der Waals surface area contributed by atoms with E-state index in [-0.39, 0.29) is 10.7 Å². The average molecular weight is 351 g/mol. The molecule has 1 aliphatic heterocycles. The monoisotopic (exact) mass is 349 g/mol. The zero-order chi connectivity index (χ0) is 14.3. The topological polar surface area (TPSA) is 29.1 Å². The van der Waals surface area contributed by atoms with Gasteiger partial charge < -0.3 is 5.32 Å². The van der Waals surface area contributed by atoms with Crippen molar-refractivity contribution in [1.29, 1.82) is 0 Å². The van der Waals surface area contributed by atoms with E-state index in [1.807, 2.05) is 31.2 Å². The number of alkyl halides is 1. The molecule has 1 aliphatic rings. The second kappa shape index (κ2) is 5.23. The van der Waals surface area contributed by atoms with Gasteiger partial charge in [0.05, 0.1) is 11.2 Å². The number of benzene rings is 2. The smallest absolute Gasteiger partial charge is 0.228 e. The Bertz CT molecular complexity index is 699. The molecule has 2 aromatic carbocycles. The van der Waals surface area contributed by atoms with E-state index in [1.54, 1.807) is 0 Å². The number of carbonyl (C=O) groups is 1. The fourth-order valence-electron chi connectivity index (χ4n) is 2.37. The first kappa shape index (κ1) is 13.7. The summed E-state index contributed by atoms with van der Waals surface area (Å²) in [6, 6.07) is 12.1. The maximum absolute atomic E-state index is 11.4. The Morgan fingerprint density at radius 2 is 1.90 bits per heavy atom. The molecule has 0 saturated heterocycles. The molecule has 1 unspecified atom stereocenters. The molecular weight excluding hydrogens is 338 g/mol. The molecule has 0 saturated carbocycles. The Labute approximate surface area is 131 Å². The van der Waals surface area contributed by atoms with Crippen LogP contribution in [-0.2, 0) is 11.2 Å². The first-order valence-corrected chi connectivity index (χ1v) is 7.67. The highest BCUT2D eigenvalue weighted by Gasteiger charge is 2.20. The lowest BCUT2D eigenvalue weighted by atomic mass is 10.0. The summed E-state index contributed by atoms with van der Waals surface area (Å²) in [6.07, 6.45) is 0.456. The van der Waals surface area contributed by atoms with Gasteiger partial charge in [0, 0.05) is 10.7 Å². The van der Waals surface area contributed by atoms with E-state index < -0.39 is 0 Å². The van der Waals surface area contributed by atoms with E-state index >= 15 is 0 Å². The van der Waals surface area contributed by atoms with Crippen LogP contribution in [0, 0.1) is 6.92 Å². The maximum atomic E-state index is 11.4. The van der Waals surface area contributed by atoms with Crippen LogP contribution in [0.4, 0.5) is 5.69 Å². The number of halogens is 2. The van der Waals surface area contributed by atoms with Gasteiger partial charge in [-0.2, -0.15) is 0 Å². The lowest BCUT2D eigenvalue weighted by Crippen LogP contribution is -2.03. The highest BCUT2D eigenvalue weighted by Crippen LogP contribution is 2.35. The second-order valence-corrected chi connectivity index (χ2v) is 6.34. The zero-order valence-electron chi connectivity index (χ0n) is 10.9. The van der Waals surface area contributed by atoms with Gasteiger partial charge in [-0.3, -0.25) is 4.79 Å². The van der Waals surface area contributed by atoms with Crippen molar-refractivity contribution in [1.82, 2.24) is 0 Å². The second-order valence-electron chi connectivity index (χ2n) is 5.01. The average Bonchev–Trinajstić information content (AvgIpc) is 2.80. The van der Waals surface area contributed by atoms with Crippen LogP contribution in [0.3, 0.4) is 0 Å². The molecular formula is C16H13BrClNO. The van der Waals surface area contributed by atoms with Crippen LogP contribution in [0.1, 0.15) is 27.1 Å². The SMILES string of the molecule is Cc1ccc(C(Br)c2ccc3c(c2)CC(=O)N3)cc1Cl. The third-order valence-electron chi connectivity index (χ3n) is 3.54. The van der Waals surface area contributed by atoms with E-state index in [0.29, 0.717) is 6.42 Å². The van der Waals surface area contributed by atoms with Crippen LogP contribution < -0.4 is 5.32 Å². The lowest BCUT2D eigenvalue weighted by Gasteiger charge is -2.13. The number of hydrogen-bond acceptors (Lipinski definition) is 1. The van der Waals surface area contributed by atoms with Crippen molar-refractivity contribution in [3.8, 4) is 0 Å². The zero-order valence-corrected chi connectivity index (χ0v) is 13.3. The number of nitrogens with one attached hydrogen (secondary N) is 1. The van der Waals surface area contributed by atoms with Gasteiger partial charge in [0.1, 0.15) is 0 Å². The summed E-state index contributed by atoms with van der Waals surface area (Å²) >= 11 is 9.90. The van der Waals surface area contributed by atoms with Gasteiger partial charge in [0.25, 0.3) is 0 Å². The molecule has 4 heteroatoms. The molecule has 20 heavy (non-hydrogen) atoms. The molecule has 0 aromatic heterocycles. The Hall–Kier alpha value is -1.32. The summed E-state index contributed by atoms with van der Waals surface area (Å²) < 4.78 is 0. The predicted octanol–water partition coefficient (Wildman–Crippen LogP) is 4.63. The molecule has 2 nitrogen and oxygen atoms in total. The fourth-order valence-corrected chi connectivity index (χ4v) is 3.12. The van der Waals surface area contributed by atoms with Crippen molar-refractivity contribution in [2.24, 2.45) is 0 Å². The molecule has 0 radical (unpaired) electrons. The molecule has 1 N–H and O–H groups in total. The normalized spacial score (nSPS) is 14.8. The molecule has 0 fully saturated rings. The van der Waals surface area contributed by atoms with Crippen LogP contribution >= 0.6 is 27.5 Å². The third kappa shape index (κ3) is 2.48. The Balaban J connectivity index is 1.94. The van der Waals surface area contributed by atoms with Crippen LogP contribution in [0.5, 0.6) is 0 Å². The van der Waals surface area contributed by atoms with E-state index in [1.165, 1.54) is 0 Å². The van der Waals surface area contributed by atoms with Crippen molar-refractivity contribution in [3.05, 3.63) is 63.7 Å². The molecule has 0 bridgehead atoms. The molecule has 1 atom stereocenters. The van der Waals surface area contributed by atoms with E-state index in [0.717, 1.165) is 33.0 Å². The van der Waals surface area contributed by atoms with E-state index in [9.17, 15) is 4.79 Å². The number of rotatable bonds is 2. The van der Waals surface area contributed by atoms with Crippen molar-refractivity contribution >= 4 is 39.1 Å². The van der Waals surface area contributed by atoms with E-state index in [4.69, 9.17) is 11.6 Å². The summed E-state index contributed by atoms with van der Waals surface area (Å²) in [5.41, 5.74) is 5.27. The molecule has 1 heterocycles. The molecule has 2 aromatic rings. The third-order valence-corrected chi connectivity index (χ3v) is 5.00. The van der Waals surface area contributed by atoms with Gasteiger partial charge in [0.2, 0.25) is 5.91 Å². The maximum Gasteiger partial charge on any atom is 0.228 e. The molecule has 3 rings (SSSR count). The van der Waals surface area contributed by atoms with Crippen molar-refractivity contribution < 1.29 is 4.79 Å². The minimum absolute atomic E-state index is 0.0571. The van der Waals surface area contributed by atoms with Gasteiger partial charge >= 0.3 is 0 Å². The Morgan fingerprint density at radius 1 is 1.20 bits per heavy atom. The summed E-state index contributed by atoms with van der Waals surface area (Å²) in [5.74, 6) is 0.0571. The number of carbonyl (C=O) groups excluding carboxylic acids is 1. The van der Waals surface area contributed by atoms with Crippen LogP contribution in [0.15, 0.2) is 36.4 Å². The van der Waals surface area contributed by atoms with Gasteiger partial charge in [-0.25, -0.2) is 0 Å². The fraction of sp³-hybridized carbons (Fsp3) is 0.188. The van der Waals surface area contributed by atoms with Crippen molar-refractivity contribution in [2.45, 2.75) is 18.2 Å². The Morgan fingerprint density at radius 3 is 2.65 bits per heavy atom. The number of aryl methyl sites for hydroxylation is 1. The molecule has 0 spiro atoms. The van der Waals surface area contributed by atoms with Crippen molar-refractivity contribution in [2.75, 3.05) is 5.32 Å². The van der Waals surface area contributed by atoms with Gasteiger partial charge in [-0.05, 0) is 41.3 Å². The molecule has 102 valence electrons. The minimum Gasteiger partial charge on any atom is -0.326 e. The van der Waals surface area contributed by atoms with Crippen LogP contribution in [0.2, 0.25) is 5.02 Å². The number of amides is 1. The summed E-state index contributed by atoms with van der Waals surface area (Å²) in [4.78, 5) is 11.5. The number of hydrogen-bond donors (Lipinski definition) is 1. The summed E-state index contributed by atoms with van der Waals surface area (Å²) in [6.45, 7) is 1.99. The van der Waals surface area contributed by atoms with Gasteiger partial charge in [0.15, 0.2) is 0 Å². The van der Waals surface area contributed by atoms with Crippen LogP contribution in [0.25, 0.3) is 0 Å². The number of fused-ring (bicyclic) bond motifs is 1. The summed E-state index contributed by atoms with van der Waals surface area (Å²) in [7, 11) is 0. The number of anilines is 1. The summed E-state index contributed by atoms with van der Waals surface area (Å²) in [5, 5.41) is 3.61. The van der Waals surface area contributed by atoms with Crippen LogP contribution in [-0.4, -0.2) is 5.91 Å². The van der Waals surface area contributed by atoms with E-state index in [2.05, 4.69) is 33.4 Å². The first-order chi connectivity index (χ1) is 9.54. The minimum atomic E-state index is 0.0571. The Kier molecular flexibility index (Phi) is 3.57. The molecule has 1 amide bonds.